The molecule has 1 unspecified atom stereocenters. The number of hydrogen-bond donors (Lipinski definition) is 2. The molecule has 0 radical (unpaired) electrons. The van der Waals surface area contributed by atoms with Crippen molar-refractivity contribution in [2.75, 3.05) is 0 Å². The van der Waals surface area contributed by atoms with Crippen LogP contribution in [0.15, 0.2) is 0 Å². The summed E-state index contributed by atoms with van der Waals surface area (Å²) in [4.78, 5) is 0. The van der Waals surface area contributed by atoms with Gasteiger partial charge in [0, 0.05) is 5.41 Å². The first-order chi connectivity index (χ1) is 8.95. The van der Waals surface area contributed by atoms with E-state index in [-0.39, 0.29) is 5.41 Å². The summed E-state index contributed by atoms with van der Waals surface area (Å²) >= 11 is 0. The smallest absolute Gasteiger partial charge is 0.0697 e. The molecule has 1 atom stereocenters. The molecule has 0 saturated carbocycles. The Labute approximate surface area is 121 Å². The van der Waals surface area contributed by atoms with E-state index in [0.717, 1.165) is 12.8 Å². The van der Waals surface area contributed by atoms with Gasteiger partial charge in [-0.05, 0) is 25.2 Å². The van der Waals surface area contributed by atoms with Crippen molar-refractivity contribution in [3.05, 3.63) is 0 Å². The Bertz CT molecular complexity index is 217. The van der Waals surface area contributed by atoms with E-state index < -0.39 is 5.66 Å². The summed E-state index contributed by atoms with van der Waals surface area (Å²) in [6, 6.07) is 0. The molecule has 0 spiro atoms. The SMILES string of the molecule is CCCC(CC)C(CCC)(CCC)C(N)(N)CCC. The van der Waals surface area contributed by atoms with Crippen LogP contribution in [0.5, 0.6) is 0 Å². The summed E-state index contributed by atoms with van der Waals surface area (Å²) in [6.45, 7) is 11.3. The molecule has 0 amide bonds. The second-order valence-electron chi connectivity index (χ2n) is 6.34. The van der Waals surface area contributed by atoms with Crippen molar-refractivity contribution < 1.29 is 0 Å². The fourth-order valence-electron chi connectivity index (χ4n) is 4.15. The van der Waals surface area contributed by atoms with Crippen LogP contribution < -0.4 is 11.5 Å². The number of rotatable bonds is 11. The summed E-state index contributed by atoms with van der Waals surface area (Å²) in [7, 11) is 0. The normalized spacial score (nSPS) is 14.7. The molecule has 0 aliphatic heterocycles. The second kappa shape index (κ2) is 8.97. The molecule has 0 aromatic rings. The average Bonchev–Trinajstić information content (AvgIpc) is 2.35. The van der Waals surface area contributed by atoms with Gasteiger partial charge in [0.15, 0.2) is 0 Å². The topological polar surface area (TPSA) is 52.0 Å². The molecule has 0 aromatic heterocycles. The van der Waals surface area contributed by atoms with E-state index in [9.17, 15) is 0 Å². The van der Waals surface area contributed by atoms with Crippen molar-refractivity contribution in [3.63, 3.8) is 0 Å². The van der Waals surface area contributed by atoms with E-state index in [4.69, 9.17) is 11.5 Å². The van der Waals surface area contributed by atoms with Crippen LogP contribution in [-0.4, -0.2) is 5.66 Å². The molecule has 4 N–H and O–H groups in total. The zero-order chi connectivity index (χ0) is 14.9. The Hall–Kier alpha value is -0.0800. The van der Waals surface area contributed by atoms with Gasteiger partial charge < -0.3 is 11.5 Å². The van der Waals surface area contributed by atoms with Crippen LogP contribution in [0.4, 0.5) is 0 Å². The van der Waals surface area contributed by atoms with Gasteiger partial charge >= 0.3 is 0 Å². The summed E-state index contributed by atoms with van der Waals surface area (Å²) in [5, 5.41) is 0. The zero-order valence-electron chi connectivity index (χ0n) is 14.1. The van der Waals surface area contributed by atoms with Crippen LogP contribution in [0.3, 0.4) is 0 Å². The van der Waals surface area contributed by atoms with Crippen LogP contribution in [0.2, 0.25) is 0 Å². The minimum Gasteiger partial charge on any atom is -0.313 e. The highest BCUT2D eigenvalue weighted by atomic mass is 15.0. The van der Waals surface area contributed by atoms with Gasteiger partial charge in [0.1, 0.15) is 0 Å². The Morgan fingerprint density at radius 3 is 1.53 bits per heavy atom. The first kappa shape index (κ1) is 18.9. The molecular formula is C17H38N2. The lowest BCUT2D eigenvalue weighted by Crippen LogP contribution is -2.65. The maximum Gasteiger partial charge on any atom is 0.0697 e. The Morgan fingerprint density at radius 1 is 0.737 bits per heavy atom. The van der Waals surface area contributed by atoms with Crippen molar-refractivity contribution in [2.45, 2.75) is 98.1 Å². The molecule has 0 fully saturated rings. The first-order valence-electron chi connectivity index (χ1n) is 8.53. The third-order valence-corrected chi connectivity index (χ3v) is 4.89. The number of nitrogens with two attached hydrogens (primary N) is 2. The Morgan fingerprint density at radius 2 is 1.21 bits per heavy atom. The van der Waals surface area contributed by atoms with Crippen molar-refractivity contribution >= 4 is 0 Å². The van der Waals surface area contributed by atoms with Crippen LogP contribution in [0.25, 0.3) is 0 Å². The minimum atomic E-state index is -0.510. The highest BCUT2D eigenvalue weighted by molar-refractivity contribution is 5.01. The van der Waals surface area contributed by atoms with Crippen molar-refractivity contribution in [3.8, 4) is 0 Å². The van der Waals surface area contributed by atoms with Crippen molar-refractivity contribution in [1.82, 2.24) is 0 Å². The van der Waals surface area contributed by atoms with E-state index in [2.05, 4.69) is 34.6 Å². The summed E-state index contributed by atoms with van der Waals surface area (Å²) in [5.74, 6) is 0.666. The predicted octanol–water partition coefficient (Wildman–Crippen LogP) is 4.81. The van der Waals surface area contributed by atoms with Gasteiger partial charge in [-0.15, -0.1) is 0 Å². The molecule has 0 bridgehead atoms. The van der Waals surface area contributed by atoms with Crippen LogP contribution in [0, 0.1) is 11.3 Å². The molecule has 0 rings (SSSR count). The number of hydrogen-bond acceptors (Lipinski definition) is 2. The quantitative estimate of drug-likeness (QED) is 0.529. The van der Waals surface area contributed by atoms with Crippen LogP contribution in [0.1, 0.15) is 92.4 Å². The van der Waals surface area contributed by atoms with Crippen molar-refractivity contribution in [2.24, 2.45) is 22.8 Å². The summed E-state index contributed by atoms with van der Waals surface area (Å²) < 4.78 is 0. The zero-order valence-corrected chi connectivity index (χ0v) is 14.1. The van der Waals surface area contributed by atoms with E-state index in [1.165, 1.54) is 44.9 Å². The van der Waals surface area contributed by atoms with Gasteiger partial charge in [0.2, 0.25) is 0 Å². The summed E-state index contributed by atoms with van der Waals surface area (Å²) in [5.41, 5.74) is 12.9. The lowest BCUT2D eigenvalue weighted by Gasteiger charge is -2.52. The molecule has 0 saturated heterocycles. The highest BCUT2D eigenvalue weighted by Gasteiger charge is 2.48. The predicted molar refractivity (Wildman–Crippen MR) is 87.0 cm³/mol. The van der Waals surface area contributed by atoms with Gasteiger partial charge in [-0.1, -0.05) is 73.1 Å². The average molecular weight is 271 g/mol. The lowest BCUT2D eigenvalue weighted by atomic mass is 9.58. The Balaban J connectivity index is 5.48. The maximum atomic E-state index is 6.66. The van der Waals surface area contributed by atoms with E-state index in [0.29, 0.717) is 5.92 Å². The van der Waals surface area contributed by atoms with E-state index >= 15 is 0 Å². The van der Waals surface area contributed by atoms with E-state index in [1.807, 2.05) is 0 Å². The fraction of sp³-hybridized carbons (Fsp3) is 1.00. The third-order valence-electron chi connectivity index (χ3n) is 4.89. The fourth-order valence-corrected chi connectivity index (χ4v) is 4.15. The van der Waals surface area contributed by atoms with Gasteiger partial charge in [0.25, 0.3) is 0 Å². The van der Waals surface area contributed by atoms with Crippen molar-refractivity contribution in [1.29, 1.82) is 0 Å². The van der Waals surface area contributed by atoms with E-state index in [1.54, 1.807) is 0 Å². The molecule has 2 heteroatoms. The molecule has 0 heterocycles. The lowest BCUT2D eigenvalue weighted by molar-refractivity contribution is 0.00909. The van der Waals surface area contributed by atoms with Gasteiger partial charge in [-0.3, -0.25) is 0 Å². The standard InChI is InChI=1S/C17H38N2/c1-6-11-15(10-5)16(12-7-2,13-8-3)17(18,19)14-9-4/h15H,6-14,18-19H2,1-5H3. The molecule has 0 aromatic carbocycles. The second-order valence-corrected chi connectivity index (χ2v) is 6.34. The van der Waals surface area contributed by atoms with Gasteiger partial charge in [0.05, 0.1) is 5.66 Å². The monoisotopic (exact) mass is 270 g/mol. The largest absolute Gasteiger partial charge is 0.313 e. The molecule has 0 aliphatic carbocycles. The van der Waals surface area contributed by atoms with Crippen LogP contribution in [-0.2, 0) is 0 Å². The van der Waals surface area contributed by atoms with Crippen LogP contribution >= 0.6 is 0 Å². The first-order valence-corrected chi connectivity index (χ1v) is 8.53. The molecule has 116 valence electrons. The molecule has 2 nitrogen and oxygen atoms in total. The highest BCUT2D eigenvalue weighted by Crippen LogP contribution is 2.48. The molecular weight excluding hydrogens is 232 g/mol. The van der Waals surface area contributed by atoms with Gasteiger partial charge in [-0.2, -0.15) is 0 Å². The molecule has 19 heavy (non-hydrogen) atoms. The minimum absolute atomic E-state index is 0.122. The Kier molecular flexibility index (Phi) is 8.93. The molecule has 0 aliphatic rings. The maximum absolute atomic E-state index is 6.66. The third kappa shape index (κ3) is 4.46. The summed E-state index contributed by atoms with van der Waals surface area (Å²) in [6.07, 6.45) is 10.4. The van der Waals surface area contributed by atoms with Gasteiger partial charge in [-0.25, -0.2) is 0 Å².